The molecule has 2 heterocycles. The first-order chi connectivity index (χ1) is 21.4. The molecule has 4 nitrogen and oxygen atoms in total. The van der Waals surface area contributed by atoms with Crippen molar-refractivity contribution in [2.75, 3.05) is 11.5 Å². The summed E-state index contributed by atoms with van der Waals surface area (Å²) in [6.45, 7) is 0. The molecule has 0 saturated heterocycles. The van der Waals surface area contributed by atoms with Gasteiger partial charge in [0.25, 0.3) is 0 Å². The molecule has 0 spiro atoms. The maximum atomic E-state index is 13.6. The maximum absolute atomic E-state index is 13.6. The number of nitrogens with one attached hydrogen (secondary N) is 2. The van der Waals surface area contributed by atoms with Crippen LogP contribution in [-0.2, 0) is 0 Å². The molecule has 0 aliphatic heterocycles. The second kappa shape index (κ2) is 13.6. The van der Waals surface area contributed by atoms with Gasteiger partial charge in [-0.3, -0.25) is 0 Å². The monoisotopic (exact) mass is 630 g/mol. The van der Waals surface area contributed by atoms with Crippen molar-refractivity contribution >= 4 is 23.5 Å². The van der Waals surface area contributed by atoms with Crippen LogP contribution in [0.3, 0.4) is 0 Å². The van der Waals surface area contributed by atoms with Crippen LogP contribution in [0.4, 0.5) is 17.6 Å². The highest BCUT2D eigenvalue weighted by atomic mass is 32.2. The second-order valence-corrected chi connectivity index (χ2v) is 12.1. The highest BCUT2D eigenvalue weighted by molar-refractivity contribution is 7.99. The topological polar surface area (TPSA) is 57.4 Å². The molecule has 44 heavy (non-hydrogen) atoms. The lowest BCUT2D eigenvalue weighted by Gasteiger charge is -2.03. The number of imidazole rings is 2. The minimum absolute atomic E-state index is 0.322. The molecule has 0 fully saturated rings. The van der Waals surface area contributed by atoms with Crippen LogP contribution in [0.2, 0.25) is 0 Å². The Balaban J connectivity index is 1.09. The first-order valence-corrected chi connectivity index (χ1v) is 15.9. The fraction of sp³-hybridized carbons (Fsp3) is 0.118. The molecule has 4 aromatic carbocycles. The van der Waals surface area contributed by atoms with Gasteiger partial charge in [-0.15, -0.1) is 0 Å². The lowest BCUT2D eigenvalue weighted by Crippen LogP contribution is -1.87. The Labute approximate surface area is 260 Å². The van der Waals surface area contributed by atoms with Crippen LogP contribution in [-0.4, -0.2) is 31.4 Å². The van der Waals surface area contributed by atoms with Crippen molar-refractivity contribution in [1.82, 2.24) is 19.9 Å². The fourth-order valence-corrected chi connectivity index (χ4v) is 6.41. The predicted molar refractivity (Wildman–Crippen MR) is 169 cm³/mol. The van der Waals surface area contributed by atoms with Crippen molar-refractivity contribution in [3.05, 3.63) is 120 Å². The van der Waals surface area contributed by atoms with E-state index in [4.69, 9.17) is 9.97 Å². The Hall–Kier alpha value is -4.28. The van der Waals surface area contributed by atoms with Gasteiger partial charge >= 0.3 is 0 Å². The van der Waals surface area contributed by atoms with Crippen molar-refractivity contribution in [3.63, 3.8) is 0 Å². The summed E-state index contributed by atoms with van der Waals surface area (Å²) in [5.41, 5.74) is 5.98. The van der Waals surface area contributed by atoms with Gasteiger partial charge in [0.1, 0.15) is 23.3 Å². The number of nitrogens with zero attached hydrogens (tertiary/aromatic N) is 2. The van der Waals surface area contributed by atoms with Gasteiger partial charge in [0.15, 0.2) is 10.3 Å². The first kappa shape index (κ1) is 29.8. The zero-order valence-electron chi connectivity index (χ0n) is 23.3. The molecule has 6 aromatic rings. The third-order valence-electron chi connectivity index (χ3n) is 6.88. The Morgan fingerprint density at radius 2 is 0.727 bits per heavy atom. The average Bonchev–Trinajstić information content (AvgIpc) is 3.65. The molecule has 2 aromatic heterocycles. The summed E-state index contributed by atoms with van der Waals surface area (Å²) in [5.74, 6) is 0.342. The quantitative estimate of drug-likeness (QED) is 0.0850. The number of benzene rings is 4. The van der Waals surface area contributed by atoms with Gasteiger partial charge in [-0.05, 0) is 110 Å². The molecule has 0 aliphatic carbocycles. The van der Waals surface area contributed by atoms with Crippen LogP contribution in [0.25, 0.3) is 45.0 Å². The summed E-state index contributed by atoms with van der Waals surface area (Å²) in [6, 6.07) is 24.7. The number of halogens is 4. The van der Waals surface area contributed by atoms with E-state index in [0.717, 1.165) is 68.3 Å². The fourth-order valence-electron chi connectivity index (χ4n) is 4.67. The number of thioether (sulfide) groups is 2. The van der Waals surface area contributed by atoms with Crippen molar-refractivity contribution < 1.29 is 17.6 Å². The molecule has 0 amide bonds. The second-order valence-electron chi connectivity index (χ2n) is 9.96. The number of aromatic nitrogens is 4. The van der Waals surface area contributed by atoms with Crippen LogP contribution in [0.15, 0.2) is 107 Å². The van der Waals surface area contributed by atoms with E-state index in [-0.39, 0.29) is 23.3 Å². The van der Waals surface area contributed by atoms with Crippen LogP contribution in [0.5, 0.6) is 0 Å². The highest BCUT2D eigenvalue weighted by Crippen LogP contribution is 2.35. The summed E-state index contributed by atoms with van der Waals surface area (Å²) in [7, 11) is 0. The standard InChI is InChI=1S/C34H26F4N4S2/c35-25-11-3-21(4-12-25)29-30(22-5-13-26(36)14-6-22)40-33(39-29)43-19-1-2-20-44-34-41-31(23-7-15-27(37)16-8-23)32(42-34)24-9-17-28(38)18-10-24/h3-18H,1-2,19-20H2,(H,39,40)(H,41,42). The Morgan fingerprint density at radius 3 is 1.05 bits per heavy atom. The smallest absolute Gasteiger partial charge is 0.166 e. The van der Waals surface area contributed by atoms with Crippen LogP contribution in [0, 0.1) is 23.3 Å². The van der Waals surface area contributed by atoms with E-state index in [0.29, 0.717) is 11.4 Å². The number of hydrogen-bond donors (Lipinski definition) is 2. The SMILES string of the molecule is Fc1ccc(-c2nc(SCCCCSc3nc(-c4ccc(F)cc4)c(-c4ccc(F)cc4)[nH]3)[nH]c2-c2ccc(F)cc2)cc1. The molecular weight excluding hydrogens is 605 g/mol. The molecule has 2 N–H and O–H groups in total. The van der Waals surface area contributed by atoms with E-state index in [1.165, 1.54) is 48.5 Å². The van der Waals surface area contributed by atoms with Gasteiger partial charge in [-0.2, -0.15) is 0 Å². The van der Waals surface area contributed by atoms with Gasteiger partial charge in [0.2, 0.25) is 0 Å². The Bertz CT molecular complexity index is 1570. The lowest BCUT2D eigenvalue weighted by atomic mass is 10.1. The third-order valence-corrected chi connectivity index (χ3v) is 8.80. The number of unbranched alkanes of at least 4 members (excludes halogenated alkanes) is 1. The maximum Gasteiger partial charge on any atom is 0.166 e. The van der Waals surface area contributed by atoms with E-state index < -0.39 is 0 Å². The molecular formula is C34H26F4N4S2. The third kappa shape index (κ3) is 7.09. The molecule has 0 atom stereocenters. The Morgan fingerprint density at radius 1 is 0.432 bits per heavy atom. The number of hydrogen-bond acceptors (Lipinski definition) is 4. The van der Waals surface area contributed by atoms with E-state index in [9.17, 15) is 17.6 Å². The summed E-state index contributed by atoms with van der Waals surface area (Å²) in [6.07, 6.45) is 1.85. The van der Waals surface area contributed by atoms with Gasteiger partial charge in [0, 0.05) is 33.8 Å². The number of rotatable bonds is 11. The lowest BCUT2D eigenvalue weighted by molar-refractivity contribution is 0.627. The molecule has 0 bridgehead atoms. The number of aromatic amines is 2. The molecule has 0 unspecified atom stereocenters. The minimum Gasteiger partial charge on any atom is -0.332 e. The minimum atomic E-state index is -0.326. The zero-order valence-corrected chi connectivity index (χ0v) is 24.9. The van der Waals surface area contributed by atoms with Crippen LogP contribution < -0.4 is 0 Å². The molecule has 222 valence electrons. The largest absolute Gasteiger partial charge is 0.332 e. The van der Waals surface area contributed by atoms with Crippen molar-refractivity contribution in [2.45, 2.75) is 23.2 Å². The van der Waals surface area contributed by atoms with Crippen molar-refractivity contribution in [3.8, 4) is 45.0 Å². The highest BCUT2D eigenvalue weighted by Gasteiger charge is 2.17. The normalized spacial score (nSPS) is 11.3. The van der Waals surface area contributed by atoms with E-state index in [2.05, 4.69) is 9.97 Å². The van der Waals surface area contributed by atoms with Gasteiger partial charge in [-0.1, -0.05) is 23.5 Å². The predicted octanol–water partition coefficient (Wildman–Crippen LogP) is 10.0. The van der Waals surface area contributed by atoms with E-state index in [1.54, 1.807) is 72.1 Å². The molecule has 0 radical (unpaired) electrons. The molecule has 10 heteroatoms. The van der Waals surface area contributed by atoms with Gasteiger partial charge in [0.05, 0.1) is 22.8 Å². The van der Waals surface area contributed by atoms with Gasteiger partial charge < -0.3 is 9.97 Å². The zero-order chi connectivity index (χ0) is 30.5. The summed E-state index contributed by atoms with van der Waals surface area (Å²) in [4.78, 5) is 16.3. The molecule has 0 aliphatic rings. The molecule has 0 saturated carbocycles. The van der Waals surface area contributed by atoms with E-state index in [1.807, 2.05) is 0 Å². The van der Waals surface area contributed by atoms with Gasteiger partial charge in [-0.25, -0.2) is 27.5 Å². The Kier molecular flexibility index (Phi) is 9.18. The number of H-pyrrole nitrogens is 2. The van der Waals surface area contributed by atoms with Crippen LogP contribution in [0.1, 0.15) is 12.8 Å². The van der Waals surface area contributed by atoms with Crippen LogP contribution >= 0.6 is 23.5 Å². The molecule has 6 rings (SSSR count). The van der Waals surface area contributed by atoms with Crippen molar-refractivity contribution in [1.29, 1.82) is 0 Å². The van der Waals surface area contributed by atoms with E-state index >= 15 is 0 Å². The summed E-state index contributed by atoms with van der Waals surface area (Å²) in [5, 5.41) is 1.46. The average molecular weight is 631 g/mol. The van der Waals surface area contributed by atoms with Crippen molar-refractivity contribution in [2.24, 2.45) is 0 Å². The summed E-state index contributed by atoms with van der Waals surface area (Å²) >= 11 is 3.18. The first-order valence-electron chi connectivity index (χ1n) is 13.9. The summed E-state index contributed by atoms with van der Waals surface area (Å²) < 4.78 is 54.2.